The molecule has 0 bridgehead atoms. The van der Waals surface area contributed by atoms with Crippen LogP contribution >= 0.6 is 0 Å². The lowest BCUT2D eigenvalue weighted by Gasteiger charge is -2.27. The first-order valence-corrected chi connectivity index (χ1v) is 11.0. The van der Waals surface area contributed by atoms with E-state index in [2.05, 4.69) is 5.32 Å². The van der Waals surface area contributed by atoms with Crippen LogP contribution in [0.5, 0.6) is 23.0 Å². The summed E-state index contributed by atoms with van der Waals surface area (Å²) < 4.78 is 30.7. The summed E-state index contributed by atoms with van der Waals surface area (Å²) in [6.45, 7) is 1.17. The summed E-state index contributed by atoms with van der Waals surface area (Å²) in [6.07, 6.45) is 0.847. The number of carbonyl (C=O) groups is 1. The molecule has 3 aromatic rings. The van der Waals surface area contributed by atoms with Crippen LogP contribution in [-0.2, 0) is 6.42 Å². The molecular formula is C26H26FNO6. The fraction of sp³-hybridized carbons (Fsp3) is 0.269. The first-order valence-electron chi connectivity index (χ1n) is 11.0. The molecule has 34 heavy (non-hydrogen) atoms. The number of fused-ring (bicyclic) bond motifs is 1. The van der Waals surface area contributed by atoms with Crippen molar-refractivity contribution >= 4 is 5.97 Å². The number of carboxylic acid groups (broad SMARTS) is 1. The van der Waals surface area contributed by atoms with Crippen LogP contribution < -0.4 is 19.5 Å². The summed E-state index contributed by atoms with van der Waals surface area (Å²) in [7, 11) is 0. The van der Waals surface area contributed by atoms with Gasteiger partial charge in [-0.25, -0.2) is 9.18 Å². The van der Waals surface area contributed by atoms with Gasteiger partial charge in [0, 0.05) is 13.1 Å². The van der Waals surface area contributed by atoms with E-state index >= 15 is 0 Å². The number of hydrogen-bond acceptors (Lipinski definition) is 6. The second kappa shape index (κ2) is 11.0. The normalized spacial score (nSPS) is 15.6. The fourth-order valence-electron chi connectivity index (χ4n) is 3.69. The van der Waals surface area contributed by atoms with E-state index in [-0.39, 0.29) is 24.0 Å². The minimum Gasteiger partial charge on any atom is -0.491 e. The minimum absolute atomic E-state index is 0.0442. The number of aliphatic hydroxyl groups excluding tert-OH is 1. The van der Waals surface area contributed by atoms with Gasteiger partial charge in [-0.05, 0) is 66.9 Å². The van der Waals surface area contributed by atoms with Gasteiger partial charge in [0.25, 0.3) is 0 Å². The fourth-order valence-corrected chi connectivity index (χ4v) is 3.69. The number of hydrogen-bond donors (Lipinski definition) is 3. The molecule has 0 aliphatic carbocycles. The van der Waals surface area contributed by atoms with Crippen LogP contribution in [0.15, 0.2) is 66.7 Å². The summed E-state index contributed by atoms with van der Waals surface area (Å²) in [5.41, 5.74) is 0.709. The Morgan fingerprint density at radius 2 is 1.94 bits per heavy atom. The number of aromatic carboxylic acids is 1. The number of rotatable bonds is 10. The second-order valence-electron chi connectivity index (χ2n) is 8.03. The molecule has 4 rings (SSSR count). The van der Waals surface area contributed by atoms with E-state index in [1.54, 1.807) is 18.2 Å². The monoisotopic (exact) mass is 467 g/mol. The number of benzene rings is 3. The highest BCUT2D eigenvalue weighted by molar-refractivity contribution is 5.91. The predicted octanol–water partition coefficient (Wildman–Crippen LogP) is 4.04. The van der Waals surface area contributed by atoms with Gasteiger partial charge in [0.15, 0.2) is 0 Å². The molecule has 1 aliphatic rings. The van der Waals surface area contributed by atoms with Crippen molar-refractivity contribution in [1.82, 2.24) is 5.32 Å². The summed E-state index contributed by atoms with van der Waals surface area (Å²) >= 11 is 0. The van der Waals surface area contributed by atoms with Crippen molar-refractivity contribution in [2.24, 2.45) is 0 Å². The average molecular weight is 467 g/mol. The highest BCUT2D eigenvalue weighted by atomic mass is 19.1. The van der Waals surface area contributed by atoms with Crippen molar-refractivity contribution in [2.45, 2.75) is 25.0 Å². The van der Waals surface area contributed by atoms with Crippen molar-refractivity contribution in [3.05, 3.63) is 83.7 Å². The zero-order valence-corrected chi connectivity index (χ0v) is 18.4. The smallest absolute Gasteiger partial charge is 0.339 e. The first kappa shape index (κ1) is 23.5. The van der Waals surface area contributed by atoms with Crippen molar-refractivity contribution in [3.8, 4) is 23.0 Å². The van der Waals surface area contributed by atoms with E-state index in [9.17, 15) is 19.4 Å². The minimum atomic E-state index is -1.26. The van der Waals surface area contributed by atoms with Crippen LogP contribution in [0.3, 0.4) is 0 Å². The van der Waals surface area contributed by atoms with Gasteiger partial charge < -0.3 is 29.7 Å². The number of aliphatic hydroxyl groups is 1. The molecule has 0 spiro atoms. The highest BCUT2D eigenvalue weighted by Crippen LogP contribution is 2.33. The molecule has 1 heterocycles. The zero-order chi connectivity index (χ0) is 23.9. The predicted molar refractivity (Wildman–Crippen MR) is 123 cm³/mol. The Balaban J connectivity index is 1.26. The maximum Gasteiger partial charge on any atom is 0.339 e. The van der Waals surface area contributed by atoms with Gasteiger partial charge in [0.1, 0.15) is 53.2 Å². The molecule has 1 aliphatic heterocycles. The van der Waals surface area contributed by atoms with Crippen molar-refractivity contribution in [2.75, 3.05) is 19.7 Å². The third-order valence-corrected chi connectivity index (χ3v) is 5.40. The molecule has 0 fully saturated rings. The Morgan fingerprint density at radius 3 is 2.74 bits per heavy atom. The van der Waals surface area contributed by atoms with Gasteiger partial charge >= 0.3 is 5.97 Å². The summed E-state index contributed by atoms with van der Waals surface area (Å²) in [5.74, 6) is 0.0750. The Hall–Kier alpha value is -3.62. The third kappa shape index (κ3) is 6.24. The van der Waals surface area contributed by atoms with Crippen molar-refractivity contribution in [3.63, 3.8) is 0 Å². The molecule has 3 N–H and O–H groups in total. The molecule has 0 saturated heterocycles. The lowest BCUT2D eigenvalue weighted by atomic mass is 10.0. The van der Waals surface area contributed by atoms with Gasteiger partial charge in [0.05, 0.1) is 0 Å². The lowest BCUT2D eigenvalue weighted by molar-refractivity contribution is 0.0693. The van der Waals surface area contributed by atoms with E-state index in [4.69, 9.17) is 14.2 Å². The Morgan fingerprint density at radius 1 is 1.12 bits per heavy atom. The Bertz CT molecular complexity index is 1120. The second-order valence-corrected chi connectivity index (χ2v) is 8.03. The number of ether oxygens (including phenoxy) is 3. The number of halogens is 1. The summed E-state index contributed by atoms with van der Waals surface area (Å²) in [5, 5.41) is 22.6. The van der Waals surface area contributed by atoms with E-state index in [1.165, 1.54) is 6.07 Å². The topological polar surface area (TPSA) is 97.3 Å². The maximum atomic E-state index is 13.4. The highest BCUT2D eigenvalue weighted by Gasteiger charge is 2.21. The summed E-state index contributed by atoms with van der Waals surface area (Å²) in [6, 6.07) is 18.0. The SMILES string of the molecule is O=C(O)c1cc(F)ccc1Oc1ccc2c(c1)CC[C@H](CNC[C@H](O)COc1ccccc1)O2. The van der Waals surface area contributed by atoms with Crippen LogP contribution in [0.25, 0.3) is 0 Å². The number of aryl methyl sites for hydroxylation is 1. The Kier molecular flexibility index (Phi) is 7.61. The Labute approximate surface area is 196 Å². The molecule has 0 unspecified atom stereocenters. The standard InChI is InChI=1S/C26H26FNO6/c27-18-7-10-25(23(13-18)26(30)31)33-21-9-11-24-17(12-21)6-8-22(34-24)15-28-14-19(29)16-32-20-4-2-1-3-5-20/h1-5,7,9-13,19,22,28-29H,6,8,14-16H2,(H,30,31)/t19-,22+/m0/s1. The number of carboxylic acids is 1. The van der Waals surface area contributed by atoms with E-state index in [0.29, 0.717) is 18.8 Å². The van der Waals surface area contributed by atoms with E-state index in [0.717, 1.165) is 42.0 Å². The van der Waals surface area contributed by atoms with Crippen molar-refractivity contribution in [1.29, 1.82) is 0 Å². The molecule has 178 valence electrons. The largest absolute Gasteiger partial charge is 0.491 e. The third-order valence-electron chi connectivity index (χ3n) is 5.40. The van der Waals surface area contributed by atoms with Crippen molar-refractivity contribution < 1.29 is 33.6 Å². The molecule has 7 nitrogen and oxygen atoms in total. The van der Waals surface area contributed by atoms with Crippen LogP contribution in [0, 0.1) is 5.82 Å². The lowest BCUT2D eigenvalue weighted by Crippen LogP contribution is -2.39. The van der Waals surface area contributed by atoms with Gasteiger partial charge in [-0.15, -0.1) is 0 Å². The van der Waals surface area contributed by atoms with Gasteiger partial charge in [-0.1, -0.05) is 18.2 Å². The molecule has 0 aromatic heterocycles. The van der Waals surface area contributed by atoms with Gasteiger partial charge in [0.2, 0.25) is 0 Å². The van der Waals surface area contributed by atoms with E-state index in [1.807, 2.05) is 30.3 Å². The van der Waals surface area contributed by atoms with E-state index < -0.39 is 17.9 Å². The molecule has 0 saturated carbocycles. The molecule has 2 atom stereocenters. The summed E-state index contributed by atoms with van der Waals surface area (Å²) in [4.78, 5) is 11.4. The number of para-hydroxylation sites is 1. The molecule has 3 aromatic carbocycles. The molecule has 8 heteroatoms. The average Bonchev–Trinajstić information content (AvgIpc) is 2.84. The van der Waals surface area contributed by atoms with Crippen LogP contribution in [0.1, 0.15) is 22.3 Å². The molecule has 0 radical (unpaired) electrons. The number of nitrogens with one attached hydrogen (secondary N) is 1. The molecular weight excluding hydrogens is 441 g/mol. The quantitative estimate of drug-likeness (QED) is 0.414. The first-order chi connectivity index (χ1) is 16.5. The van der Waals surface area contributed by atoms with Gasteiger partial charge in [-0.3, -0.25) is 0 Å². The zero-order valence-electron chi connectivity index (χ0n) is 18.4. The molecule has 0 amide bonds. The van der Waals surface area contributed by atoms with Crippen LogP contribution in [0.2, 0.25) is 0 Å². The van der Waals surface area contributed by atoms with Crippen LogP contribution in [-0.4, -0.2) is 48.1 Å². The van der Waals surface area contributed by atoms with Gasteiger partial charge in [-0.2, -0.15) is 0 Å². The van der Waals surface area contributed by atoms with Crippen LogP contribution in [0.4, 0.5) is 4.39 Å². The maximum absolute atomic E-state index is 13.4.